The third-order valence-corrected chi connectivity index (χ3v) is 5.71. The van der Waals surface area contributed by atoms with E-state index in [1.807, 2.05) is 15.6 Å². The van der Waals surface area contributed by atoms with Gasteiger partial charge in [-0.3, -0.25) is 4.79 Å². The van der Waals surface area contributed by atoms with Crippen molar-refractivity contribution in [2.45, 2.75) is 25.7 Å². The van der Waals surface area contributed by atoms with Gasteiger partial charge in [-0.15, -0.1) is 0 Å². The van der Waals surface area contributed by atoms with Gasteiger partial charge in [0.1, 0.15) is 0 Å². The lowest BCUT2D eigenvalue weighted by atomic mass is 10.1. The van der Waals surface area contributed by atoms with Crippen molar-refractivity contribution < 1.29 is 4.79 Å². The zero-order valence-corrected chi connectivity index (χ0v) is 15.4. The monoisotopic (exact) mass is 378 g/mol. The molecule has 1 aliphatic heterocycles. The van der Waals surface area contributed by atoms with Crippen molar-refractivity contribution in [2.75, 3.05) is 19.6 Å². The van der Waals surface area contributed by atoms with Crippen molar-refractivity contribution in [2.24, 2.45) is 11.7 Å². The van der Waals surface area contributed by atoms with Gasteiger partial charge < -0.3 is 10.6 Å². The van der Waals surface area contributed by atoms with Crippen LogP contribution in [0.4, 0.5) is 0 Å². The molecule has 1 aliphatic carbocycles. The van der Waals surface area contributed by atoms with Crippen LogP contribution < -0.4 is 5.73 Å². The number of carbonyl (C=O) groups excluding carboxylic acids is 1. The number of nitrogens with zero attached hydrogens (tertiary/aromatic N) is 3. The van der Waals surface area contributed by atoms with Crippen LogP contribution in [0.1, 0.15) is 34.6 Å². The Kier molecular flexibility index (Phi) is 4.48. The molecule has 25 heavy (non-hydrogen) atoms. The molecule has 1 amide bonds. The van der Waals surface area contributed by atoms with Crippen LogP contribution in [-0.4, -0.2) is 40.2 Å². The molecule has 0 radical (unpaired) electrons. The molecule has 2 N–H and O–H groups in total. The van der Waals surface area contributed by atoms with Crippen LogP contribution in [-0.2, 0) is 12.8 Å². The van der Waals surface area contributed by atoms with Gasteiger partial charge >= 0.3 is 0 Å². The molecule has 1 atom stereocenters. The van der Waals surface area contributed by atoms with Gasteiger partial charge in [0.05, 0.1) is 10.7 Å². The molecule has 0 spiro atoms. The molecule has 1 saturated heterocycles. The van der Waals surface area contributed by atoms with Gasteiger partial charge in [-0.05, 0) is 56.3 Å². The maximum Gasteiger partial charge on any atom is 0.274 e. The normalized spacial score (nSPS) is 19.5. The average molecular weight is 379 g/mol. The average Bonchev–Trinajstić information content (AvgIpc) is 3.31. The zero-order chi connectivity index (χ0) is 17.6. The molecule has 5 nitrogen and oxygen atoms in total. The Bertz CT molecular complexity index is 833. The van der Waals surface area contributed by atoms with E-state index in [2.05, 4.69) is 5.10 Å². The first-order valence-electron chi connectivity index (χ1n) is 8.64. The van der Waals surface area contributed by atoms with E-state index in [9.17, 15) is 4.79 Å². The summed E-state index contributed by atoms with van der Waals surface area (Å²) in [7, 11) is 0. The predicted octanol–water partition coefficient (Wildman–Crippen LogP) is 3.09. The first kappa shape index (κ1) is 16.9. The molecule has 7 heteroatoms. The maximum absolute atomic E-state index is 13.0. The molecule has 1 fully saturated rings. The van der Waals surface area contributed by atoms with Gasteiger partial charge in [0.15, 0.2) is 5.69 Å². The third kappa shape index (κ3) is 2.94. The standard InChI is InChI=1S/C18H20Cl2N4O/c19-12-4-5-16(14(20)8-12)24-15-3-1-2-13(15)17(22-24)18(25)23-7-6-11(9-21)10-23/h4-5,8,11H,1-3,6-7,9-10,21H2. The molecule has 0 bridgehead atoms. The summed E-state index contributed by atoms with van der Waals surface area (Å²) in [6.07, 6.45) is 3.79. The summed E-state index contributed by atoms with van der Waals surface area (Å²) < 4.78 is 1.82. The van der Waals surface area contributed by atoms with E-state index >= 15 is 0 Å². The fourth-order valence-electron chi connectivity index (χ4n) is 3.82. The smallest absolute Gasteiger partial charge is 0.274 e. The van der Waals surface area contributed by atoms with Crippen molar-refractivity contribution >= 4 is 29.1 Å². The summed E-state index contributed by atoms with van der Waals surface area (Å²) in [6, 6.07) is 5.35. The van der Waals surface area contributed by atoms with Crippen LogP contribution in [0.5, 0.6) is 0 Å². The Balaban J connectivity index is 1.72. The van der Waals surface area contributed by atoms with E-state index in [-0.39, 0.29) is 5.91 Å². The quantitative estimate of drug-likeness (QED) is 0.892. The van der Waals surface area contributed by atoms with E-state index in [4.69, 9.17) is 28.9 Å². The predicted molar refractivity (Wildman–Crippen MR) is 98.7 cm³/mol. The number of fused-ring (bicyclic) bond motifs is 1. The number of nitrogens with two attached hydrogens (primary N) is 1. The first-order valence-corrected chi connectivity index (χ1v) is 9.39. The van der Waals surface area contributed by atoms with Gasteiger partial charge in [-0.25, -0.2) is 4.68 Å². The summed E-state index contributed by atoms with van der Waals surface area (Å²) in [4.78, 5) is 14.9. The number of aromatic nitrogens is 2. The van der Waals surface area contributed by atoms with Crippen LogP contribution in [0.15, 0.2) is 18.2 Å². The first-order chi connectivity index (χ1) is 12.1. The maximum atomic E-state index is 13.0. The minimum absolute atomic E-state index is 0.0120. The Hall–Kier alpha value is -1.56. The summed E-state index contributed by atoms with van der Waals surface area (Å²) in [6.45, 7) is 2.10. The van der Waals surface area contributed by atoms with Gasteiger partial charge in [0, 0.05) is 29.4 Å². The molecule has 2 aromatic rings. The Morgan fingerprint density at radius 3 is 2.88 bits per heavy atom. The second-order valence-corrected chi connectivity index (χ2v) is 7.62. The van der Waals surface area contributed by atoms with Crippen LogP contribution in [0.3, 0.4) is 0 Å². The van der Waals surface area contributed by atoms with Crippen molar-refractivity contribution in [1.29, 1.82) is 0 Å². The van der Waals surface area contributed by atoms with Gasteiger partial charge in [-0.2, -0.15) is 5.10 Å². The lowest BCUT2D eigenvalue weighted by Crippen LogP contribution is -2.30. The summed E-state index contributed by atoms with van der Waals surface area (Å²) >= 11 is 12.4. The number of hydrogen-bond acceptors (Lipinski definition) is 3. The highest BCUT2D eigenvalue weighted by Crippen LogP contribution is 2.32. The molecule has 0 saturated carbocycles. The lowest BCUT2D eigenvalue weighted by molar-refractivity contribution is 0.0780. The van der Waals surface area contributed by atoms with Crippen molar-refractivity contribution in [3.05, 3.63) is 45.2 Å². The highest BCUT2D eigenvalue weighted by molar-refractivity contribution is 6.35. The van der Waals surface area contributed by atoms with Crippen molar-refractivity contribution in [1.82, 2.24) is 14.7 Å². The summed E-state index contributed by atoms with van der Waals surface area (Å²) in [5.41, 5.74) is 9.23. The van der Waals surface area contributed by atoms with E-state index in [0.717, 1.165) is 55.7 Å². The fourth-order valence-corrected chi connectivity index (χ4v) is 4.31. The van der Waals surface area contributed by atoms with Gasteiger partial charge in [0.2, 0.25) is 0 Å². The van der Waals surface area contributed by atoms with E-state index in [1.54, 1.807) is 12.1 Å². The topological polar surface area (TPSA) is 64.2 Å². The van der Waals surface area contributed by atoms with E-state index < -0.39 is 0 Å². The van der Waals surface area contributed by atoms with Crippen LogP contribution in [0.25, 0.3) is 5.69 Å². The molecule has 2 heterocycles. The highest BCUT2D eigenvalue weighted by Gasteiger charge is 2.33. The highest BCUT2D eigenvalue weighted by atomic mass is 35.5. The second kappa shape index (κ2) is 6.63. The third-order valence-electron chi connectivity index (χ3n) is 5.18. The Morgan fingerprint density at radius 1 is 1.32 bits per heavy atom. The molecule has 4 rings (SSSR count). The minimum Gasteiger partial charge on any atom is -0.337 e. The zero-order valence-electron chi connectivity index (χ0n) is 13.8. The van der Waals surface area contributed by atoms with Gasteiger partial charge in [-0.1, -0.05) is 23.2 Å². The van der Waals surface area contributed by atoms with Crippen molar-refractivity contribution in [3.8, 4) is 5.69 Å². The summed E-state index contributed by atoms with van der Waals surface area (Å²) in [5, 5.41) is 5.77. The van der Waals surface area contributed by atoms with Crippen LogP contribution in [0.2, 0.25) is 10.0 Å². The second-order valence-electron chi connectivity index (χ2n) is 6.78. The SMILES string of the molecule is NCC1CCN(C(=O)c2nn(-c3ccc(Cl)cc3Cl)c3c2CCC3)C1. The molecule has 1 unspecified atom stereocenters. The van der Waals surface area contributed by atoms with E-state index in [0.29, 0.717) is 28.2 Å². The van der Waals surface area contributed by atoms with E-state index in [1.165, 1.54) is 0 Å². The number of benzene rings is 1. The number of amides is 1. The Labute approximate surface area is 156 Å². The molecule has 2 aliphatic rings. The number of carbonyl (C=O) groups is 1. The van der Waals surface area contributed by atoms with Crippen LogP contribution in [0, 0.1) is 5.92 Å². The van der Waals surface area contributed by atoms with Crippen LogP contribution >= 0.6 is 23.2 Å². The molecule has 1 aromatic carbocycles. The number of halogens is 2. The number of hydrogen-bond donors (Lipinski definition) is 1. The number of likely N-dealkylation sites (tertiary alicyclic amines) is 1. The minimum atomic E-state index is 0.0120. The fraction of sp³-hybridized carbons (Fsp3) is 0.444. The van der Waals surface area contributed by atoms with Crippen molar-refractivity contribution in [3.63, 3.8) is 0 Å². The number of rotatable bonds is 3. The largest absolute Gasteiger partial charge is 0.337 e. The van der Waals surface area contributed by atoms with Gasteiger partial charge in [0.25, 0.3) is 5.91 Å². The Morgan fingerprint density at radius 2 is 2.16 bits per heavy atom. The molecule has 132 valence electrons. The molecular formula is C18H20Cl2N4O. The molecular weight excluding hydrogens is 359 g/mol. The lowest BCUT2D eigenvalue weighted by Gasteiger charge is -2.15. The summed E-state index contributed by atoms with van der Waals surface area (Å²) in [5.74, 6) is 0.405. The molecule has 1 aromatic heterocycles.